The summed E-state index contributed by atoms with van der Waals surface area (Å²) >= 11 is 0. The van der Waals surface area contributed by atoms with E-state index in [1.807, 2.05) is 0 Å². The van der Waals surface area contributed by atoms with E-state index in [-0.39, 0.29) is 5.91 Å². The fourth-order valence-electron chi connectivity index (χ4n) is 1.04. The maximum absolute atomic E-state index is 11.7. The lowest BCUT2D eigenvalue weighted by Crippen LogP contribution is -2.60. The molecule has 2 N–H and O–H groups in total. The van der Waals surface area contributed by atoms with Crippen LogP contribution in [0.4, 0.5) is 8.78 Å². The normalized spacial score (nSPS) is 20.3. The summed E-state index contributed by atoms with van der Waals surface area (Å²) in [7, 11) is 0. The van der Waals surface area contributed by atoms with Gasteiger partial charge in [-0.2, -0.15) is 0 Å². The van der Waals surface area contributed by atoms with Gasteiger partial charge in [-0.25, -0.2) is 8.78 Å². The van der Waals surface area contributed by atoms with Gasteiger partial charge in [0, 0.05) is 13.1 Å². The summed E-state index contributed by atoms with van der Waals surface area (Å²) in [4.78, 5) is 11.2. The van der Waals surface area contributed by atoms with E-state index in [9.17, 15) is 13.6 Å². The maximum atomic E-state index is 11.7. The molecule has 1 fully saturated rings. The molecule has 1 saturated heterocycles. The third-order valence-corrected chi connectivity index (χ3v) is 2.00. The van der Waals surface area contributed by atoms with Crippen molar-refractivity contribution in [2.75, 3.05) is 19.6 Å². The van der Waals surface area contributed by atoms with Gasteiger partial charge in [-0.15, -0.1) is 0 Å². The topological polar surface area (TPSA) is 41.1 Å². The van der Waals surface area contributed by atoms with Gasteiger partial charge in [0.2, 0.25) is 5.91 Å². The maximum Gasteiger partial charge on any atom is 0.255 e. The number of carbonyl (C=O) groups is 1. The smallest absolute Gasteiger partial charge is 0.255 e. The number of rotatable bonds is 3. The molecule has 0 aliphatic carbocycles. The first kappa shape index (κ1) is 9.38. The summed E-state index contributed by atoms with van der Waals surface area (Å²) in [6.45, 7) is 2.35. The van der Waals surface area contributed by atoms with Crippen LogP contribution in [0, 0.1) is 5.41 Å². The Kier molecular flexibility index (Phi) is 2.62. The van der Waals surface area contributed by atoms with Crippen LogP contribution in [-0.4, -0.2) is 32.0 Å². The fraction of sp³-hybridized carbons (Fsp3) is 0.857. The monoisotopic (exact) mass is 178 g/mol. The summed E-state index contributed by atoms with van der Waals surface area (Å²) < 4.78 is 23.3. The first-order valence-electron chi connectivity index (χ1n) is 3.82. The lowest BCUT2D eigenvalue weighted by atomic mass is 9.83. The van der Waals surface area contributed by atoms with Gasteiger partial charge in [0.25, 0.3) is 6.43 Å². The van der Waals surface area contributed by atoms with Crippen LogP contribution < -0.4 is 10.6 Å². The Morgan fingerprint density at radius 1 is 1.67 bits per heavy atom. The second-order valence-corrected chi connectivity index (χ2v) is 3.27. The number of amides is 1. The number of nitrogens with one attached hydrogen (secondary N) is 2. The van der Waals surface area contributed by atoms with Crippen molar-refractivity contribution in [3.05, 3.63) is 0 Å². The minimum atomic E-state index is -2.47. The number of hydrogen-bond acceptors (Lipinski definition) is 2. The van der Waals surface area contributed by atoms with Gasteiger partial charge < -0.3 is 10.6 Å². The van der Waals surface area contributed by atoms with Crippen molar-refractivity contribution in [3.63, 3.8) is 0 Å². The van der Waals surface area contributed by atoms with Crippen LogP contribution in [0.5, 0.6) is 0 Å². The van der Waals surface area contributed by atoms with Crippen molar-refractivity contribution >= 4 is 5.91 Å². The van der Waals surface area contributed by atoms with Crippen molar-refractivity contribution in [1.29, 1.82) is 0 Å². The molecule has 12 heavy (non-hydrogen) atoms. The average molecular weight is 178 g/mol. The molecule has 1 aliphatic rings. The van der Waals surface area contributed by atoms with Gasteiger partial charge in [-0.3, -0.25) is 4.79 Å². The highest BCUT2D eigenvalue weighted by Crippen LogP contribution is 2.20. The summed E-state index contributed by atoms with van der Waals surface area (Å²) in [5, 5.41) is 5.12. The minimum Gasteiger partial charge on any atom is -0.350 e. The van der Waals surface area contributed by atoms with E-state index in [0.29, 0.717) is 13.1 Å². The molecule has 5 heteroatoms. The Hall–Kier alpha value is -0.710. The van der Waals surface area contributed by atoms with Crippen LogP contribution >= 0.6 is 0 Å². The number of hydrogen-bond donors (Lipinski definition) is 2. The lowest BCUT2D eigenvalue weighted by Gasteiger charge is -2.37. The van der Waals surface area contributed by atoms with E-state index in [1.54, 1.807) is 6.92 Å². The van der Waals surface area contributed by atoms with E-state index in [0.717, 1.165) is 0 Å². The molecule has 1 rings (SSSR count). The van der Waals surface area contributed by atoms with E-state index < -0.39 is 18.4 Å². The van der Waals surface area contributed by atoms with Gasteiger partial charge >= 0.3 is 0 Å². The predicted octanol–water partition coefficient (Wildman–Crippen LogP) is -0.0228. The van der Waals surface area contributed by atoms with Gasteiger partial charge in [0.1, 0.15) is 0 Å². The second kappa shape index (κ2) is 3.35. The molecule has 0 aromatic carbocycles. The van der Waals surface area contributed by atoms with Gasteiger partial charge in [0.15, 0.2) is 0 Å². The first-order valence-corrected chi connectivity index (χ1v) is 3.82. The van der Waals surface area contributed by atoms with Crippen molar-refractivity contribution in [3.8, 4) is 0 Å². The van der Waals surface area contributed by atoms with Crippen LogP contribution in [-0.2, 0) is 4.79 Å². The Morgan fingerprint density at radius 3 is 2.58 bits per heavy atom. The first-order chi connectivity index (χ1) is 5.54. The fourth-order valence-corrected chi connectivity index (χ4v) is 1.04. The van der Waals surface area contributed by atoms with Gasteiger partial charge in [0.05, 0.1) is 12.0 Å². The predicted molar refractivity (Wildman–Crippen MR) is 40.0 cm³/mol. The van der Waals surface area contributed by atoms with Gasteiger partial charge in [-0.05, 0) is 6.92 Å². The summed E-state index contributed by atoms with van der Waals surface area (Å²) in [5.41, 5.74) is -0.477. The third-order valence-electron chi connectivity index (χ3n) is 2.00. The van der Waals surface area contributed by atoms with Crippen molar-refractivity contribution in [2.45, 2.75) is 13.3 Å². The molecular weight excluding hydrogens is 166 g/mol. The summed E-state index contributed by atoms with van der Waals surface area (Å²) in [6.07, 6.45) is -2.47. The molecule has 0 radical (unpaired) electrons. The van der Waals surface area contributed by atoms with Crippen molar-refractivity contribution < 1.29 is 13.6 Å². The standard InChI is InChI=1S/C7H12F2N2O/c1-7(3-10-4-7)6(12)11-2-5(8)9/h5,10H,2-4H2,1H3,(H,11,12). The summed E-state index contributed by atoms with van der Waals surface area (Å²) in [5.74, 6) is -0.290. The molecule has 0 aromatic heterocycles. The zero-order valence-electron chi connectivity index (χ0n) is 6.86. The van der Waals surface area contributed by atoms with E-state index in [1.165, 1.54) is 0 Å². The lowest BCUT2D eigenvalue weighted by molar-refractivity contribution is -0.133. The number of carbonyl (C=O) groups excluding carboxylic acids is 1. The Balaban J connectivity index is 2.28. The highest BCUT2D eigenvalue weighted by atomic mass is 19.3. The van der Waals surface area contributed by atoms with Crippen LogP contribution in [0.25, 0.3) is 0 Å². The van der Waals surface area contributed by atoms with Crippen LogP contribution in [0.2, 0.25) is 0 Å². The third kappa shape index (κ3) is 1.91. The molecule has 0 saturated carbocycles. The Labute approximate surface area is 69.5 Å². The van der Waals surface area contributed by atoms with Crippen LogP contribution in [0.3, 0.4) is 0 Å². The van der Waals surface area contributed by atoms with Crippen molar-refractivity contribution in [2.24, 2.45) is 5.41 Å². The van der Waals surface area contributed by atoms with E-state index >= 15 is 0 Å². The minimum absolute atomic E-state index is 0.290. The van der Waals surface area contributed by atoms with E-state index in [2.05, 4.69) is 10.6 Å². The quantitative estimate of drug-likeness (QED) is 0.637. The molecule has 0 unspecified atom stereocenters. The second-order valence-electron chi connectivity index (χ2n) is 3.27. The summed E-state index contributed by atoms with van der Waals surface area (Å²) in [6, 6.07) is 0. The molecule has 1 aliphatic heterocycles. The number of alkyl halides is 2. The molecular formula is C7H12F2N2O. The highest BCUT2D eigenvalue weighted by Gasteiger charge is 2.39. The van der Waals surface area contributed by atoms with Gasteiger partial charge in [-0.1, -0.05) is 0 Å². The van der Waals surface area contributed by atoms with Crippen LogP contribution in [0.1, 0.15) is 6.92 Å². The van der Waals surface area contributed by atoms with Crippen molar-refractivity contribution in [1.82, 2.24) is 10.6 Å². The molecule has 70 valence electrons. The molecule has 1 heterocycles. The molecule has 0 bridgehead atoms. The van der Waals surface area contributed by atoms with E-state index in [4.69, 9.17) is 0 Å². The molecule has 3 nitrogen and oxygen atoms in total. The highest BCUT2D eigenvalue weighted by molar-refractivity contribution is 5.83. The zero-order chi connectivity index (χ0) is 9.19. The molecule has 0 spiro atoms. The largest absolute Gasteiger partial charge is 0.350 e. The van der Waals surface area contributed by atoms with Crippen LogP contribution in [0.15, 0.2) is 0 Å². The zero-order valence-corrected chi connectivity index (χ0v) is 6.86. The molecule has 0 atom stereocenters. The number of halogens is 2. The Morgan fingerprint density at radius 2 is 2.25 bits per heavy atom. The Bertz CT molecular complexity index is 180. The SMILES string of the molecule is CC1(C(=O)NCC(F)F)CNC1. The molecule has 1 amide bonds. The molecule has 0 aromatic rings. The average Bonchev–Trinajstić information content (AvgIpc) is 1.95.